The predicted molar refractivity (Wildman–Crippen MR) is 105 cm³/mol. The Hall–Kier alpha value is -2.60. The highest BCUT2D eigenvalue weighted by molar-refractivity contribution is 5.79. The molecule has 1 aromatic carbocycles. The van der Waals surface area contributed by atoms with E-state index in [2.05, 4.69) is 34.5 Å². The second kappa shape index (κ2) is 9.77. The minimum Gasteiger partial charge on any atom is -0.439 e. The molecule has 6 nitrogen and oxygen atoms in total. The molecule has 0 aliphatic rings. The van der Waals surface area contributed by atoms with E-state index in [1.807, 2.05) is 37.3 Å². The molecule has 0 radical (unpaired) electrons. The third-order valence-electron chi connectivity index (χ3n) is 3.98. The molecule has 0 aliphatic heterocycles. The largest absolute Gasteiger partial charge is 0.439 e. The number of ether oxygens (including phenoxy) is 2. The van der Waals surface area contributed by atoms with Gasteiger partial charge >= 0.3 is 0 Å². The molecule has 0 saturated heterocycles. The topological polar surface area (TPSA) is 67.8 Å². The normalized spacial score (nSPS) is 12.6. The van der Waals surface area contributed by atoms with Gasteiger partial charge in [-0.25, -0.2) is 4.98 Å². The number of nitrogens with zero attached hydrogens (tertiary/aromatic N) is 2. The van der Waals surface area contributed by atoms with Crippen LogP contribution in [0.25, 0.3) is 0 Å². The fourth-order valence-corrected chi connectivity index (χ4v) is 2.42. The van der Waals surface area contributed by atoms with Crippen LogP contribution < -0.4 is 15.4 Å². The van der Waals surface area contributed by atoms with Crippen LogP contribution in [0.4, 0.5) is 0 Å². The smallest absolute Gasteiger partial charge is 0.219 e. The van der Waals surface area contributed by atoms with Crippen molar-refractivity contribution < 1.29 is 9.47 Å². The van der Waals surface area contributed by atoms with E-state index in [0.29, 0.717) is 19.0 Å². The number of methoxy groups -OCH3 is 1. The van der Waals surface area contributed by atoms with Gasteiger partial charge in [0.2, 0.25) is 5.88 Å². The number of pyridine rings is 1. The number of hydrogen-bond acceptors (Lipinski definition) is 4. The second-order valence-corrected chi connectivity index (χ2v) is 6.28. The summed E-state index contributed by atoms with van der Waals surface area (Å²) in [6.45, 7) is 7.42. The molecule has 0 aliphatic carbocycles. The van der Waals surface area contributed by atoms with Gasteiger partial charge in [0.15, 0.2) is 5.96 Å². The van der Waals surface area contributed by atoms with E-state index in [9.17, 15) is 0 Å². The molecule has 0 spiro atoms. The number of benzene rings is 1. The van der Waals surface area contributed by atoms with Crippen molar-refractivity contribution in [2.24, 2.45) is 4.99 Å². The Balaban J connectivity index is 1.96. The van der Waals surface area contributed by atoms with Gasteiger partial charge in [-0.1, -0.05) is 6.07 Å². The maximum Gasteiger partial charge on any atom is 0.219 e. The molecule has 2 N–H and O–H groups in total. The molecule has 0 saturated carbocycles. The number of aliphatic imine (C=N–C) groups is 1. The molecule has 0 amide bonds. The average Bonchev–Trinajstić information content (AvgIpc) is 2.62. The zero-order valence-corrected chi connectivity index (χ0v) is 16.2. The standard InChI is InChI=1S/C20H28N4O2/c1-14-6-7-18(10-15(14)2)26-19-11-17(8-9-22-19)12-23-20(21-4)24-16(3)13-25-5/h6-11,16H,12-13H2,1-5H3,(H2,21,23,24). The highest BCUT2D eigenvalue weighted by Gasteiger charge is 2.06. The van der Waals surface area contributed by atoms with Gasteiger partial charge < -0.3 is 20.1 Å². The molecule has 26 heavy (non-hydrogen) atoms. The van der Waals surface area contributed by atoms with Gasteiger partial charge in [-0.3, -0.25) is 4.99 Å². The predicted octanol–water partition coefficient (Wildman–Crippen LogP) is 3.19. The monoisotopic (exact) mass is 356 g/mol. The lowest BCUT2D eigenvalue weighted by Gasteiger charge is -2.17. The zero-order chi connectivity index (χ0) is 18.9. The maximum atomic E-state index is 5.88. The molecule has 2 rings (SSSR count). The fourth-order valence-electron chi connectivity index (χ4n) is 2.42. The number of nitrogens with one attached hydrogen (secondary N) is 2. The Kier molecular flexibility index (Phi) is 7.41. The summed E-state index contributed by atoms with van der Waals surface area (Å²) < 4.78 is 11.0. The number of guanidine groups is 1. The van der Waals surface area contributed by atoms with Gasteiger partial charge in [0.05, 0.1) is 6.61 Å². The van der Waals surface area contributed by atoms with Crippen LogP contribution in [0.1, 0.15) is 23.6 Å². The van der Waals surface area contributed by atoms with E-state index in [1.54, 1.807) is 20.4 Å². The van der Waals surface area contributed by atoms with E-state index in [-0.39, 0.29) is 6.04 Å². The van der Waals surface area contributed by atoms with Crippen molar-refractivity contribution in [3.05, 3.63) is 53.2 Å². The maximum absolute atomic E-state index is 5.88. The highest BCUT2D eigenvalue weighted by Crippen LogP contribution is 2.22. The first-order valence-corrected chi connectivity index (χ1v) is 8.68. The molecule has 1 unspecified atom stereocenters. The molecular formula is C20H28N4O2. The van der Waals surface area contributed by atoms with E-state index in [1.165, 1.54) is 11.1 Å². The molecule has 140 valence electrons. The van der Waals surface area contributed by atoms with Crippen LogP contribution in [0.5, 0.6) is 11.6 Å². The van der Waals surface area contributed by atoms with Crippen molar-refractivity contribution in [1.82, 2.24) is 15.6 Å². The van der Waals surface area contributed by atoms with Crippen molar-refractivity contribution in [1.29, 1.82) is 0 Å². The Morgan fingerprint density at radius 3 is 2.69 bits per heavy atom. The summed E-state index contributed by atoms with van der Waals surface area (Å²) in [6.07, 6.45) is 1.75. The average molecular weight is 356 g/mol. The second-order valence-electron chi connectivity index (χ2n) is 6.28. The van der Waals surface area contributed by atoms with E-state index in [4.69, 9.17) is 9.47 Å². The molecule has 1 aromatic heterocycles. The molecule has 0 fully saturated rings. The van der Waals surface area contributed by atoms with Gasteiger partial charge in [0, 0.05) is 39.0 Å². The first-order valence-electron chi connectivity index (χ1n) is 8.68. The van der Waals surface area contributed by atoms with E-state index < -0.39 is 0 Å². The quantitative estimate of drug-likeness (QED) is 0.589. The molecular weight excluding hydrogens is 328 g/mol. The van der Waals surface area contributed by atoms with Crippen molar-refractivity contribution in [3.8, 4) is 11.6 Å². The lowest BCUT2D eigenvalue weighted by atomic mass is 10.1. The van der Waals surface area contributed by atoms with Crippen LogP contribution >= 0.6 is 0 Å². The van der Waals surface area contributed by atoms with Crippen LogP contribution in [0.2, 0.25) is 0 Å². The van der Waals surface area contributed by atoms with E-state index in [0.717, 1.165) is 17.3 Å². The summed E-state index contributed by atoms with van der Waals surface area (Å²) in [4.78, 5) is 8.52. The summed E-state index contributed by atoms with van der Waals surface area (Å²) in [5.74, 6) is 2.09. The van der Waals surface area contributed by atoms with Gasteiger partial charge in [-0.15, -0.1) is 0 Å². The number of aryl methyl sites for hydroxylation is 2. The summed E-state index contributed by atoms with van der Waals surface area (Å²) in [5.41, 5.74) is 3.49. The van der Waals surface area contributed by atoms with Gasteiger partial charge in [0.25, 0.3) is 0 Å². The molecule has 6 heteroatoms. The first kappa shape index (κ1) is 19.7. The Bertz CT molecular complexity index is 746. The van der Waals surface area contributed by atoms with Crippen LogP contribution in [0, 0.1) is 13.8 Å². The SMILES string of the molecule is CN=C(NCc1ccnc(Oc2ccc(C)c(C)c2)c1)NC(C)COC. The molecule has 2 aromatic rings. The number of hydrogen-bond donors (Lipinski definition) is 2. The van der Waals surface area contributed by atoms with Crippen LogP contribution in [0.3, 0.4) is 0 Å². The minimum atomic E-state index is 0.173. The third kappa shape index (κ3) is 6.04. The van der Waals surface area contributed by atoms with Gasteiger partial charge in [-0.05, 0) is 55.7 Å². The molecule has 1 heterocycles. The Labute approximate surface area is 155 Å². The van der Waals surface area contributed by atoms with Crippen molar-refractivity contribution in [2.75, 3.05) is 20.8 Å². The lowest BCUT2D eigenvalue weighted by molar-refractivity contribution is 0.179. The van der Waals surface area contributed by atoms with Crippen LogP contribution in [-0.2, 0) is 11.3 Å². The van der Waals surface area contributed by atoms with Crippen LogP contribution in [0.15, 0.2) is 41.5 Å². The first-order chi connectivity index (χ1) is 12.5. The van der Waals surface area contributed by atoms with E-state index >= 15 is 0 Å². The number of rotatable bonds is 7. The lowest BCUT2D eigenvalue weighted by Crippen LogP contribution is -2.43. The van der Waals surface area contributed by atoms with Crippen molar-refractivity contribution >= 4 is 5.96 Å². The Morgan fingerprint density at radius 2 is 2.00 bits per heavy atom. The fraction of sp³-hybridized carbons (Fsp3) is 0.400. The van der Waals surface area contributed by atoms with Gasteiger partial charge in [0.1, 0.15) is 5.75 Å². The van der Waals surface area contributed by atoms with Crippen molar-refractivity contribution in [2.45, 2.75) is 33.4 Å². The summed E-state index contributed by atoms with van der Waals surface area (Å²) in [6, 6.07) is 10.1. The number of aromatic nitrogens is 1. The third-order valence-corrected chi connectivity index (χ3v) is 3.98. The van der Waals surface area contributed by atoms with Crippen LogP contribution in [-0.4, -0.2) is 37.7 Å². The van der Waals surface area contributed by atoms with Crippen molar-refractivity contribution in [3.63, 3.8) is 0 Å². The summed E-state index contributed by atoms with van der Waals surface area (Å²) in [5, 5.41) is 6.55. The Morgan fingerprint density at radius 1 is 1.19 bits per heavy atom. The van der Waals surface area contributed by atoms with Gasteiger partial charge in [-0.2, -0.15) is 0 Å². The zero-order valence-electron chi connectivity index (χ0n) is 16.2. The molecule has 0 bridgehead atoms. The minimum absolute atomic E-state index is 0.173. The highest BCUT2D eigenvalue weighted by atomic mass is 16.5. The summed E-state index contributed by atoms with van der Waals surface area (Å²) >= 11 is 0. The summed E-state index contributed by atoms with van der Waals surface area (Å²) in [7, 11) is 3.43. The molecule has 1 atom stereocenters.